The predicted molar refractivity (Wildman–Crippen MR) is 178 cm³/mol. The average Bonchev–Trinajstić information content (AvgIpc) is 3.56. The molecular weight excluding hydrogens is 624 g/mol. The molecule has 2 atom stereocenters. The molecule has 47 heavy (non-hydrogen) atoms. The summed E-state index contributed by atoms with van der Waals surface area (Å²) in [5.74, 6) is 1.30. The zero-order chi connectivity index (χ0) is 33.9. The minimum atomic E-state index is -3.77. The van der Waals surface area contributed by atoms with E-state index in [9.17, 15) is 18.0 Å². The summed E-state index contributed by atoms with van der Waals surface area (Å²) in [6, 6.07) is 16.1. The number of sulfone groups is 1. The van der Waals surface area contributed by atoms with Gasteiger partial charge in [0.1, 0.15) is 11.6 Å². The van der Waals surface area contributed by atoms with Crippen molar-refractivity contribution < 1.29 is 37.0 Å². The lowest BCUT2D eigenvalue weighted by Gasteiger charge is -2.31. The quantitative estimate of drug-likeness (QED) is 0.216. The lowest BCUT2D eigenvalue weighted by atomic mass is 10.0. The molecule has 0 saturated carbocycles. The molecule has 4 aromatic rings. The molecule has 0 unspecified atom stereocenters. The summed E-state index contributed by atoms with van der Waals surface area (Å²) >= 11 is 0. The van der Waals surface area contributed by atoms with Crippen LogP contribution in [0, 0.1) is 0 Å². The molecule has 1 saturated heterocycles. The van der Waals surface area contributed by atoms with Crippen LogP contribution in [0.4, 0.5) is 16.3 Å². The Hall–Kier alpha value is -5.04. The number of aromatic nitrogens is 1. The molecule has 1 fully saturated rings. The summed E-state index contributed by atoms with van der Waals surface area (Å²) in [5.41, 5.74) is 7.30. The predicted octanol–water partition coefficient (Wildman–Crippen LogP) is 5.68. The second kappa shape index (κ2) is 13.8. The highest BCUT2D eigenvalue weighted by Gasteiger charge is 2.39. The van der Waals surface area contributed by atoms with Gasteiger partial charge in [0.2, 0.25) is 6.10 Å². The van der Waals surface area contributed by atoms with E-state index in [0.717, 1.165) is 10.8 Å². The molecule has 13 heteroatoms. The van der Waals surface area contributed by atoms with E-state index in [2.05, 4.69) is 10.3 Å². The van der Waals surface area contributed by atoms with Crippen LogP contribution in [0.2, 0.25) is 0 Å². The van der Waals surface area contributed by atoms with Crippen LogP contribution in [-0.2, 0) is 19.4 Å². The van der Waals surface area contributed by atoms with Gasteiger partial charge in [-0.3, -0.25) is 10.1 Å². The number of fused-ring (bicyclic) bond motifs is 1. The summed E-state index contributed by atoms with van der Waals surface area (Å²) in [4.78, 5) is 32.6. The molecular formula is C34H38N4O8S. The number of nitrogens with zero attached hydrogens (tertiary/aromatic N) is 2. The first-order valence-electron chi connectivity index (χ1n) is 15.0. The van der Waals surface area contributed by atoms with Crippen LogP contribution in [0.5, 0.6) is 17.2 Å². The number of hydrogen-bond acceptors (Lipinski definition) is 10. The fourth-order valence-electron chi connectivity index (χ4n) is 5.74. The third-order valence-electron chi connectivity index (χ3n) is 8.22. The highest BCUT2D eigenvalue weighted by Crippen LogP contribution is 2.41. The number of carbonyl (C=O) groups is 2. The summed E-state index contributed by atoms with van der Waals surface area (Å²) in [6.45, 7) is 3.56. The highest BCUT2D eigenvalue weighted by molar-refractivity contribution is 7.92. The second-order valence-corrected chi connectivity index (χ2v) is 13.8. The van der Waals surface area contributed by atoms with Gasteiger partial charge in [0.25, 0.3) is 5.91 Å². The first kappa shape index (κ1) is 33.3. The number of nitrogen functional groups attached to an aromatic ring is 1. The minimum absolute atomic E-state index is 0.0944. The molecule has 0 aliphatic carbocycles. The Balaban J connectivity index is 1.60. The average molecular weight is 663 g/mol. The highest BCUT2D eigenvalue weighted by atomic mass is 32.2. The van der Waals surface area contributed by atoms with Crippen LogP contribution in [0.3, 0.4) is 0 Å². The molecule has 0 bridgehead atoms. The Bertz CT molecular complexity index is 1910. The van der Waals surface area contributed by atoms with Crippen molar-refractivity contribution in [1.82, 2.24) is 9.88 Å². The summed E-state index contributed by atoms with van der Waals surface area (Å²) in [7, 11) is 0.496. The van der Waals surface area contributed by atoms with E-state index in [0.29, 0.717) is 59.3 Å². The van der Waals surface area contributed by atoms with Gasteiger partial charge in [-0.15, -0.1) is 0 Å². The standard InChI is InChI=1S/C34H38N4O8S/c1-20(2)47(41,42)30-13-9-23(37-34(40)45-5)19-26(30)27-7-6-16-38(27)33(39)31(22-8-12-28(43-3)29(18-22)44-4)46-24-10-11-25-21(17-24)14-15-36-32(25)35/h8-15,17-20,27,31H,6-7,16H2,1-5H3,(H2,35,36)(H,37,40)/t27-,31+/m1/s1. The number of nitrogens with two attached hydrogens (primary N) is 1. The van der Waals surface area contributed by atoms with E-state index in [4.69, 9.17) is 24.7 Å². The monoisotopic (exact) mass is 662 g/mol. The third-order valence-corrected chi connectivity index (χ3v) is 10.4. The molecule has 2 heterocycles. The number of rotatable bonds is 10. The lowest BCUT2D eigenvalue weighted by molar-refractivity contribution is -0.140. The normalized spacial score (nSPS) is 15.4. The molecule has 2 amide bonds. The van der Waals surface area contributed by atoms with Crippen molar-refractivity contribution >= 4 is 44.1 Å². The van der Waals surface area contributed by atoms with E-state index in [1.807, 2.05) is 0 Å². The van der Waals surface area contributed by atoms with Gasteiger partial charge in [-0.25, -0.2) is 18.2 Å². The third kappa shape index (κ3) is 6.75. The number of likely N-dealkylation sites (tertiary alicyclic amines) is 1. The SMILES string of the molecule is COC(=O)Nc1ccc(S(=O)(=O)C(C)C)c([C@H]2CCCN2C(=O)[C@@H](Oc2ccc3c(N)nccc3c2)c2ccc(OC)c(OC)c2)c1. The molecule has 1 aliphatic rings. The van der Waals surface area contributed by atoms with Crippen molar-refractivity contribution in [3.05, 3.63) is 78.0 Å². The van der Waals surface area contributed by atoms with Gasteiger partial charge in [-0.1, -0.05) is 6.07 Å². The zero-order valence-corrected chi connectivity index (χ0v) is 27.7. The van der Waals surface area contributed by atoms with Gasteiger partial charge in [0.15, 0.2) is 21.3 Å². The van der Waals surface area contributed by atoms with Gasteiger partial charge in [0.05, 0.1) is 37.5 Å². The van der Waals surface area contributed by atoms with Crippen molar-refractivity contribution in [3.63, 3.8) is 0 Å². The molecule has 3 N–H and O–H groups in total. The number of nitrogens with one attached hydrogen (secondary N) is 1. The fourth-order valence-corrected chi connectivity index (χ4v) is 7.03. The van der Waals surface area contributed by atoms with Gasteiger partial charge < -0.3 is 29.6 Å². The van der Waals surface area contributed by atoms with Crippen LogP contribution < -0.4 is 25.3 Å². The maximum Gasteiger partial charge on any atom is 0.411 e. The Morgan fingerprint density at radius 1 is 0.979 bits per heavy atom. The number of methoxy groups -OCH3 is 3. The molecule has 12 nitrogen and oxygen atoms in total. The fraction of sp³-hybridized carbons (Fsp3) is 0.324. The molecule has 0 radical (unpaired) electrons. The smallest absolute Gasteiger partial charge is 0.411 e. The molecule has 248 valence electrons. The lowest BCUT2D eigenvalue weighted by Crippen LogP contribution is -2.37. The van der Waals surface area contributed by atoms with Gasteiger partial charge in [-0.05, 0) is 92.2 Å². The van der Waals surface area contributed by atoms with Gasteiger partial charge >= 0.3 is 6.09 Å². The summed E-state index contributed by atoms with van der Waals surface area (Å²) in [6.07, 6.45) is 0.861. The van der Waals surface area contributed by atoms with Crippen molar-refractivity contribution in [2.75, 3.05) is 38.9 Å². The molecule has 0 spiro atoms. The molecule has 5 rings (SSSR count). The van der Waals surface area contributed by atoms with Crippen molar-refractivity contribution in [2.45, 2.75) is 49.0 Å². The Kier molecular flexibility index (Phi) is 9.75. The topological polar surface area (TPSA) is 159 Å². The number of anilines is 2. The van der Waals surface area contributed by atoms with E-state index >= 15 is 0 Å². The first-order chi connectivity index (χ1) is 22.5. The van der Waals surface area contributed by atoms with Crippen molar-refractivity contribution in [1.29, 1.82) is 0 Å². The minimum Gasteiger partial charge on any atom is -0.493 e. The number of benzene rings is 3. The van der Waals surface area contributed by atoms with Crippen LogP contribution in [-0.4, -0.2) is 63.4 Å². The van der Waals surface area contributed by atoms with E-state index in [1.165, 1.54) is 33.5 Å². The first-order valence-corrected chi connectivity index (χ1v) is 16.6. The number of carbonyl (C=O) groups excluding carboxylic acids is 2. The van der Waals surface area contributed by atoms with Crippen molar-refractivity contribution in [2.24, 2.45) is 0 Å². The van der Waals surface area contributed by atoms with Gasteiger partial charge in [0, 0.05) is 29.4 Å². The molecule has 3 aromatic carbocycles. The number of hydrogen-bond donors (Lipinski definition) is 2. The Morgan fingerprint density at radius 3 is 2.45 bits per heavy atom. The van der Waals surface area contributed by atoms with Crippen LogP contribution >= 0.6 is 0 Å². The summed E-state index contributed by atoms with van der Waals surface area (Å²) < 4.78 is 49.3. The Labute approximate surface area is 273 Å². The number of ether oxygens (including phenoxy) is 4. The zero-order valence-electron chi connectivity index (χ0n) is 26.9. The van der Waals surface area contributed by atoms with E-state index in [-0.39, 0.29) is 10.8 Å². The molecule has 1 aliphatic heterocycles. The maximum atomic E-state index is 14.7. The largest absolute Gasteiger partial charge is 0.493 e. The van der Waals surface area contributed by atoms with E-state index in [1.54, 1.807) is 73.5 Å². The number of pyridine rings is 1. The Morgan fingerprint density at radius 2 is 1.74 bits per heavy atom. The van der Waals surface area contributed by atoms with Gasteiger partial charge in [-0.2, -0.15) is 0 Å². The van der Waals surface area contributed by atoms with E-state index < -0.39 is 33.3 Å². The summed E-state index contributed by atoms with van der Waals surface area (Å²) in [5, 5.41) is 3.42. The van der Waals surface area contributed by atoms with Crippen LogP contribution in [0.1, 0.15) is 50.0 Å². The second-order valence-electron chi connectivity index (χ2n) is 11.3. The molecule has 1 aromatic heterocycles. The van der Waals surface area contributed by atoms with Crippen LogP contribution in [0.25, 0.3) is 10.8 Å². The van der Waals surface area contributed by atoms with Crippen LogP contribution in [0.15, 0.2) is 71.8 Å². The maximum absolute atomic E-state index is 14.7. The number of amides is 2. The van der Waals surface area contributed by atoms with Crippen molar-refractivity contribution in [3.8, 4) is 17.2 Å².